The number of hydrogen-bond acceptors (Lipinski definition) is 6. The van der Waals surface area contributed by atoms with Crippen molar-refractivity contribution >= 4 is 34.5 Å². The molecule has 7 nitrogen and oxygen atoms in total. The Hall–Kier alpha value is -2.97. The number of rotatable bonds is 7. The van der Waals surface area contributed by atoms with E-state index in [0.29, 0.717) is 23.1 Å². The van der Waals surface area contributed by atoms with Crippen LogP contribution in [0.3, 0.4) is 0 Å². The highest BCUT2D eigenvalue weighted by atomic mass is 32.2. The van der Waals surface area contributed by atoms with Crippen molar-refractivity contribution in [2.45, 2.75) is 62.9 Å². The molecule has 2 fully saturated rings. The van der Waals surface area contributed by atoms with Crippen molar-refractivity contribution < 1.29 is 9.59 Å². The third-order valence-electron chi connectivity index (χ3n) is 7.12. The van der Waals surface area contributed by atoms with Gasteiger partial charge in [0.15, 0.2) is 0 Å². The van der Waals surface area contributed by atoms with Crippen molar-refractivity contribution in [3.8, 4) is 0 Å². The Balaban J connectivity index is 1.29. The fraction of sp³-hybridized carbons (Fsp3) is 0.429. The second-order valence-corrected chi connectivity index (χ2v) is 10.8. The van der Waals surface area contributed by atoms with Crippen LogP contribution in [0.25, 0.3) is 10.9 Å². The Kier molecular flexibility index (Phi) is 7.53. The molecule has 2 aliphatic rings. The Morgan fingerprint density at radius 2 is 1.75 bits per heavy atom. The molecule has 0 saturated carbocycles. The van der Waals surface area contributed by atoms with Gasteiger partial charge in [-0.1, -0.05) is 36.8 Å². The maximum Gasteiger partial charge on any atom is 0.263 e. The Morgan fingerprint density at radius 3 is 2.50 bits per heavy atom. The van der Waals surface area contributed by atoms with Gasteiger partial charge in [0.05, 0.1) is 10.9 Å². The van der Waals surface area contributed by atoms with Gasteiger partial charge in [-0.05, 0) is 69.0 Å². The molecule has 188 valence electrons. The van der Waals surface area contributed by atoms with Crippen molar-refractivity contribution in [1.82, 2.24) is 19.8 Å². The van der Waals surface area contributed by atoms with Crippen LogP contribution in [0.5, 0.6) is 0 Å². The predicted molar refractivity (Wildman–Crippen MR) is 142 cm³/mol. The lowest BCUT2D eigenvalue weighted by molar-refractivity contribution is -0.135. The Bertz CT molecular complexity index is 1330. The molecule has 0 spiro atoms. The van der Waals surface area contributed by atoms with E-state index in [4.69, 9.17) is 0 Å². The molecule has 3 heterocycles. The number of carbonyl (C=O) groups excluding carboxylic acids is 2. The summed E-state index contributed by atoms with van der Waals surface area (Å²) in [5.74, 6) is 0.572. The molecule has 1 atom stereocenters. The van der Waals surface area contributed by atoms with Crippen LogP contribution in [0.1, 0.15) is 55.1 Å². The number of carbonyl (C=O) groups is 2. The summed E-state index contributed by atoms with van der Waals surface area (Å²) in [7, 11) is 0. The molecular weight excluding hydrogens is 472 g/mol. The van der Waals surface area contributed by atoms with Gasteiger partial charge < -0.3 is 0 Å². The molecule has 36 heavy (non-hydrogen) atoms. The highest BCUT2D eigenvalue weighted by Crippen LogP contribution is 2.27. The third kappa shape index (κ3) is 5.39. The molecular formula is C28H32N4O3S. The van der Waals surface area contributed by atoms with Crippen LogP contribution >= 0.6 is 11.8 Å². The maximum absolute atomic E-state index is 13.6. The topological polar surface area (TPSA) is 84.3 Å². The summed E-state index contributed by atoms with van der Waals surface area (Å²) in [5.41, 5.74) is 3.04. The number of likely N-dealkylation sites (tertiary alicyclic amines) is 1. The second-order valence-electron chi connectivity index (χ2n) is 9.70. The quantitative estimate of drug-likeness (QED) is 0.387. The lowest BCUT2D eigenvalue weighted by Gasteiger charge is -2.26. The first kappa shape index (κ1) is 24.7. The van der Waals surface area contributed by atoms with E-state index in [2.05, 4.69) is 39.5 Å². The zero-order valence-corrected chi connectivity index (χ0v) is 21.5. The molecule has 1 aromatic heterocycles. The Labute approximate surface area is 215 Å². The molecule has 2 amide bonds. The highest BCUT2D eigenvalue weighted by Gasteiger charge is 2.30. The lowest BCUT2D eigenvalue weighted by Crippen LogP contribution is -2.45. The first-order chi connectivity index (χ1) is 17.5. The summed E-state index contributed by atoms with van der Waals surface area (Å²) in [6.07, 6.45) is 5.37. The molecule has 5 rings (SSSR count). The predicted octanol–water partition coefficient (Wildman–Crippen LogP) is 4.00. The first-order valence-corrected chi connectivity index (χ1v) is 13.8. The van der Waals surface area contributed by atoms with Crippen molar-refractivity contribution in [2.75, 3.05) is 18.8 Å². The number of hydrogen-bond donors (Lipinski definition) is 1. The normalized spacial score (nSPS) is 19.0. The van der Waals surface area contributed by atoms with Gasteiger partial charge in [-0.25, -0.2) is 4.98 Å². The van der Waals surface area contributed by atoms with E-state index in [1.165, 1.54) is 48.0 Å². The number of amides is 2. The third-order valence-corrected chi connectivity index (χ3v) is 8.18. The second kappa shape index (κ2) is 11.0. The smallest absolute Gasteiger partial charge is 0.263 e. The van der Waals surface area contributed by atoms with Crippen molar-refractivity contribution in [1.29, 1.82) is 0 Å². The maximum atomic E-state index is 13.6. The van der Waals surface area contributed by atoms with Gasteiger partial charge in [0.1, 0.15) is 11.9 Å². The number of thioether (sulfide) groups is 1. The van der Waals surface area contributed by atoms with Crippen molar-refractivity contribution in [2.24, 2.45) is 0 Å². The zero-order chi connectivity index (χ0) is 25.1. The summed E-state index contributed by atoms with van der Waals surface area (Å²) in [4.78, 5) is 45.7. The van der Waals surface area contributed by atoms with Gasteiger partial charge in [0, 0.05) is 23.6 Å². The number of aryl methyl sites for hydroxylation is 2. The van der Waals surface area contributed by atoms with E-state index in [-0.39, 0.29) is 17.9 Å². The number of benzene rings is 2. The van der Waals surface area contributed by atoms with Crippen LogP contribution < -0.4 is 10.9 Å². The molecule has 0 radical (unpaired) electrons. The van der Waals surface area contributed by atoms with Crippen LogP contribution in [-0.2, 0) is 22.6 Å². The zero-order valence-electron chi connectivity index (χ0n) is 20.7. The van der Waals surface area contributed by atoms with Crippen molar-refractivity contribution in [3.63, 3.8) is 0 Å². The first-order valence-electron chi connectivity index (χ1n) is 12.8. The van der Waals surface area contributed by atoms with E-state index < -0.39 is 11.9 Å². The SMILES string of the molecule is Cc1nc2cccc(SCCc3ccc(CN4CCCCC4)cc3)c2c(=O)n1C1CCC(=O)NC1=O. The van der Waals surface area contributed by atoms with Crippen LogP contribution in [0, 0.1) is 6.92 Å². The minimum absolute atomic E-state index is 0.216. The number of nitrogens with one attached hydrogen (secondary N) is 1. The van der Waals surface area contributed by atoms with Gasteiger partial charge in [-0.15, -0.1) is 11.8 Å². The van der Waals surface area contributed by atoms with E-state index in [1.807, 2.05) is 18.2 Å². The lowest BCUT2D eigenvalue weighted by atomic mass is 10.1. The minimum atomic E-state index is -0.714. The molecule has 1 N–H and O–H groups in total. The van der Waals surface area contributed by atoms with E-state index in [9.17, 15) is 14.4 Å². The molecule has 3 aromatic rings. The molecule has 2 aliphatic heterocycles. The van der Waals surface area contributed by atoms with Gasteiger partial charge in [-0.3, -0.25) is 29.2 Å². The highest BCUT2D eigenvalue weighted by molar-refractivity contribution is 7.99. The summed E-state index contributed by atoms with van der Waals surface area (Å²) in [5, 5.41) is 2.89. The molecule has 2 saturated heterocycles. The number of nitrogens with zero attached hydrogens (tertiary/aromatic N) is 3. The molecule has 8 heteroatoms. The largest absolute Gasteiger partial charge is 0.299 e. The standard InChI is InChI=1S/C28H32N4O3S/c1-19-29-22-6-5-7-24(26(22)28(35)32(19)23-12-13-25(33)30-27(23)34)36-17-14-20-8-10-21(11-9-20)18-31-15-3-2-4-16-31/h5-11,23H,2-4,12-18H2,1H3,(H,30,33,34). The van der Waals surface area contributed by atoms with E-state index in [1.54, 1.807) is 18.7 Å². The Morgan fingerprint density at radius 1 is 1.00 bits per heavy atom. The average Bonchev–Trinajstić information content (AvgIpc) is 2.87. The fourth-order valence-corrected chi connectivity index (χ4v) is 6.27. The number of piperidine rings is 2. The monoisotopic (exact) mass is 504 g/mol. The number of imide groups is 1. The molecule has 1 unspecified atom stereocenters. The van der Waals surface area contributed by atoms with E-state index in [0.717, 1.165) is 23.6 Å². The minimum Gasteiger partial charge on any atom is -0.299 e. The van der Waals surface area contributed by atoms with Crippen molar-refractivity contribution in [3.05, 3.63) is 69.8 Å². The summed E-state index contributed by atoms with van der Waals surface area (Å²) < 4.78 is 1.45. The number of aromatic nitrogens is 2. The average molecular weight is 505 g/mol. The summed E-state index contributed by atoms with van der Waals surface area (Å²) >= 11 is 1.64. The molecule has 0 aliphatic carbocycles. The summed E-state index contributed by atoms with van der Waals surface area (Å²) in [6, 6.07) is 13.9. The van der Waals surface area contributed by atoms with Gasteiger partial charge >= 0.3 is 0 Å². The number of fused-ring (bicyclic) bond motifs is 1. The van der Waals surface area contributed by atoms with Gasteiger partial charge in [0.2, 0.25) is 11.8 Å². The summed E-state index contributed by atoms with van der Waals surface area (Å²) in [6.45, 7) is 5.16. The van der Waals surface area contributed by atoms with E-state index >= 15 is 0 Å². The fourth-order valence-electron chi connectivity index (χ4n) is 5.20. The van der Waals surface area contributed by atoms with Crippen LogP contribution in [-0.4, -0.2) is 45.1 Å². The van der Waals surface area contributed by atoms with Crippen LogP contribution in [0.15, 0.2) is 52.2 Å². The molecule has 0 bridgehead atoms. The van der Waals surface area contributed by atoms with Crippen LogP contribution in [0.2, 0.25) is 0 Å². The molecule has 2 aromatic carbocycles. The van der Waals surface area contributed by atoms with Gasteiger partial charge in [0.25, 0.3) is 5.56 Å². The van der Waals surface area contributed by atoms with Gasteiger partial charge in [-0.2, -0.15) is 0 Å². The van der Waals surface area contributed by atoms with Crippen LogP contribution in [0.4, 0.5) is 0 Å².